The van der Waals surface area contributed by atoms with Crippen molar-refractivity contribution < 1.29 is 0 Å². The van der Waals surface area contributed by atoms with Crippen molar-refractivity contribution in [3.8, 4) is 0 Å². The molecule has 3 heterocycles. The van der Waals surface area contributed by atoms with E-state index in [0.717, 1.165) is 12.2 Å². The molecule has 3 aromatic heterocycles. The van der Waals surface area contributed by atoms with Crippen LogP contribution in [0.5, 0.6) is 0 Å². The predicted octanol–water partition coefficient (Wildman–Crippen LogP) is 3.64. The lowest BCUT2D eigenvalue weighted by atomic mass is 10.1. The Morgan fingerprint density at radius 1 is 1.35 bits per heavy atom. The summed E-state index contributed by atoms with van der Waals surface area (Å²) in [4.78, 5) is 5.78. The summed E-state index contributed by atoms with van der Waals surface area (Å²) in [6.07, 6.45) is 2.51. The van der Waals surface area contributed by atoms with Crippen LogP contribution >= 0.6 is 22.7 Å². The molecule has 0 saturated heterocycles. The van der Waals surface area contributed by atoms with Crippen molar-refractivity contribution in [3.63, 3.8) is 0 Å². The number of nitrogens with zero attached hydrogens (tertiary/aromatic N) is 3. The van der Waals surface area contributed by atoms with Crippen molar-refractivity contribution in [2.45, 2.75) is 32.4 Å². The number of aromatic nitrogens is 3. The Labute approximate surface area is 126 Å². The molecule has 20 heavy (non-hydrogen) atoms. The summed E-state index contributed by atoms with van der Waals surface area (Å²) in [5, 5.41) is 9.87. The second kappa shape index (κ2) is 5.63. The molecule has 4 nitrogen and oxygen atoms in total. The molecule has 0 aliphatic rings. The number of rotatable bonds is 5. The average Bonchev–Trinajstić information content (AvgIpc) is 3.10. The van der Waals surface area contributed by atoms with Gasteiger partial charge in [-0.1, -0.05) is 0 Å². The van der Waals surface area contributed by atoms with Gasteiger partial charge in [-0.3, -0.25) is 0 Å². The molecular formula is C14H18N4S2. The second-order valence-corrected chi connectivity index (χ2v) is 7.12. The van der Waals surface area contributed by atoms with Gasteiger partial charge in [0, 0.05) is 32.8 Å². The Kier molecular flexibility index (Phi) is 3.87. The standard InChI is InChI=1S/C14H18N4S2/c1-9(2)18-14(16-8-17-18)6-10(15-3)12-7-13-11(20-12)4-5-19-13/h4-5,7-10,15H,6H2,1-3H3. The first kappa shape index (κ1) is 13.7. The van der Waals surface area contributed by atoms with Gasteiger partial charge in [-0.25, -0.2) is 9.67 Å². The minimum absolute atomic E-state index is 0.293. The minimum atomic E-state index is 0.293. The van der Waals surface area contributed by atoms with Gasteiger partial charge in [0.2, 0.25) is 0 Å². The highest BCUT2D eigenvalue weighted by Crippen LogP contribution is 2.34. The lowest BCUT2D eigenvalue weighted by Gasteiger charge is -2.16. The van der Waals surface area contributed by atoms with E-state index in [4.69, 9.17) is 0 Å². The summed E-state index contributed by atoms with van der Waals surface area (Å²) < 4.78 is 4.74. The molecule has 0 saturated carbocycles. The van der Waals surface area contributed by atoms with E-state index in [1.807, 2.05) is 23.1 Å². The van der Waals surface area contributed by atoms with Crippen molar-refractivity contribution in [1.29, 1.82) is 0 Å². The van der Waals surface area contributed by atoms with Gasteiger partial charge in [0.25, 0.3) is 0 Å². The quantitative estimate of drug-likeness (QED) is 0.782. The summed E-state index contributed by atoms with van der Waals surface area (Å²) in [7, 11) is 2.01. The Balaban J connectivity index is 1.86. The van der Waals surface area contributed by atoms with E-state index in [1.165, 1.54) is 14.3 Å². The van der Waals surface area contributed by atoms with E-state index in [1.54, 1.807) is 17.7 Å². The maximum absolute atomic E-state index is 4.41. The van der Waals surface area contributed by atoms with Crippen LogP contribution < -0.4 is 5.32 Å². The van der Waals surface area contributed by atoms with Gasteiger partial charge in [-0.15, -0.1) is 22.7 Å². The lowest BCUT2D eigenvalue weighted by molar-refractivity contribution is 0.480. The molecule has 0 fully saturated rings. The molecule has 0 aromatic carbocycles. The fourth-order valence-corrected chi connectivity index (χ4v) is 4.56. The first-order valence-electron chi connectivity index (χ1n) is 6.71. The zero-order chi connectivity index (χ0) is 14.1. The van der Waals surface area contributed by atoms with Gasteiger partial charge in [-0.05, 0) is 38.4 Å². The number of hydrogen-bond acceptors (Lipinski definition) is 5. The van der Waals surface area contributed by atoms with Crippen LogP contribution in [0.2, 0.25) is 0 Å². The van der Waals surface area contributed by atoms with E-state index >= 15 is 0 Å². The maximum Gasteiger partial charge on any atom is 0.138 e. The van der Waals surface area contributed by atoms with Crippen molar-refractivity contribution >= 4 is 32.1 Å². The van der Waals surface area contributed by atoms with Crippen LogP contribution in [0.4, 0.5) is 0 Å². The second-order valence-electron chi connectivity index (χ2n) is 5.06. The van der Waals surface area contributed by atoms with Crippen molar-refractivity contribution in [2.24, 2.45) is 0 Å². The topological polar surface area (TPSA) is 42.7 Å². The number of fused-ring (bicyclic) bond motifs is 1. The van der Waals surface area contributed by atoms with Gasteiger partial charge in [0.15, 0.2) is 0 Å². The van der Waals surface area contributed by atoms with Gasteiger partial charge in [-0.2, -0.15) is 5.10 Å². The van der Waals surface area contributed by atoms with Gasteiger partial charge < -0.3 is 5.32 Å². The fraction of sp³-hybridized carbons (Fsp3) is 0.429. The zero-order valence-corrected chi connectivity index (χ0v) is 13.5. The number of thiophene rings is 2. The summed E-state index contributed by atoms with van der Waals surface area (Å²) in [6.45, 7) is 4.27. The largest absolute Gasteiger partial charge is 0.312 e. The van der Waals surface area contributed by atoms with Crippen LogP contribution in [-0.2, 0) is 6.42 Å². The molecule has 0 aliphatic heterocycles. The summed E-state index contributed by atoms with van der Waals surface area (Å²) in [5.41, 5.74) is 0. The Morgan fingerprint density at radius 3 is 2.90 bits per heavy atom. The molecule has 1 unspecified atom stereocenters. The average molecular weight is 306 g/mol. The fourth-order valence-electron chi connectivity index (χ4n) is 2.34. The molecular weight excluding hydrogens is 288 g/mol. The van der Waals surface area contributed by atoms with Crippen LogP contribution in [-0.4, -0.2) is 21.8 Å². The highest BCUT2D eigenvalue weighted by atomic mass is 32.1. The van der Waals surface area contributed by atoms with E-state index < -0.39 is 0 Å². The predicted molar refractivity (Wildman–Crippen MR) is 85.6 cm³/mol. The molecule has 1 N–H and O–H groups in total. The van der Waals surface area contributed by atoms with E-state index in [-0.39, 0.29) is 0 Å². The maximum atomic E-state index is 4.41. The number of likely N-dealkylation sites (N-methyl/N-ethyl adjacent to an activating group) is 1. The Hall–Kier alpha value is -1.24. The smallest absolute Gasteiger partial charge is 0.138 e. The number of nitrogens with one attached hydrogen (secondary N) is 1. The third-order valence-corrected chi connectivity index (χ3v) is 5.58. The molecule has 0 bridgehead atoms. The van der Waals surface area contributed by atoms with Crippen LogP contribution in [0.15, 0.2) is 23.8 Å². The third kappa shape index (κ3) is 2.51. The van der Waals surface area contributed by atoms with E-state index in [9.17, 15) is 0 Å². The van der Waals surface area contributed by atoms with Gasteiger partial charge >= 0.3 is 0 Å². The first-order chi connectivity index (χ1) is 9.69. The molecule has 106 valence electrons. The normalized spacial score (nSPS) is 13.4. The summed E-state index contributed by atoms with van der Waals surface area (Å²) in [6, 6.07) is 5.12. The van der Waals surface area contributed by atoms with Crippen molar-refractivity contribution in [2.75, 3.05) is 7.05 Å². The number of hydrogen-bond donors (Lipinski definition) is 1. The van der Waals surface area contributed by atoms with Crippen LogP contribution in [0.3, 0.4) is 0 Å². The highest BCUT2D eigenvalue weighted by Gasteiger charge is 2.18. The van der Waals surface area contributed by atoms with Gasteiger partial charge in [0.1, 0.15) is 12.2 Å². The summed E-state index contributed by atoms with van der Waals surface area (Å²) >= 11 is 3.66. The molecule has 0 aliphatic carbocycles. The Bertz CT molecular complexity index is 666. The summed E-state index contributed by atoms with van der Waals surface area (Å²) in [5.74, 6) is 1.04. The van der Waals surface area contributed by atoms with Crippen LogP contribution in [0.1, 0.15) is 36.6 Å². The van der Waals surface area contributed by atoms with Crippen molar-refractivity contribution in [1.82, 2.24) is 20.1 Å². The Morgan fingerprint density at radius 2 is 2.20 bits per heavy atom. The molecule has 0 radical (unpaired) electrons. The molecule has 1 atom stereocenters. The molecule has 0 amide bonds. The van der Waals surface area contributed by atoms with Crippen LogP contribution in [0.25, 0.3) is 9.40 Å². The molecule has 6 heteroatoms. The molecule has 3 rings (SSSR count). The molecule has 3 aromatic rings. The van der Waals surface area contributed by atoms with E-state index in [0.29, 0.717) is 12.1 Å². The third-order valence-electron chi connectivity index (χ3n) is 3.37. The zero-order valence-electron chi connectivity index (χ0n) is 11.8. The van der Waals surface area contributed by atoms with Crippen LogP contribution in [0, 0.1) is 0 Å². The SMILES string of the molecule is CNC(Cc1ncnn1C(C)C)c1cc2sccc2s1. The highest BCUT2D eigenvalue weighted by molar-refractivity contribution is 7.26. The lowest BCUT2D eigenvalue weighted by Crippen LogP contribution is -2.20. The molecule has 0 spiro atoms. The minimum Gasteiger partial charge on any atom is -0.312 e. The first-order valence-corrected chi connectivity index (χ1v) is 8.41. The van der Waals surface area contributed by atoms with Crippen molar-refractivity contribution in [3.05, 3.63) is 34.5 Å². The van der Waals surface area contributed by atoms with Gasteiger partial charge in [0.05, 0.1) is 0 Å². The van der Waals surface area contributed by atoms with E-state index in [2.05, 4.69) is 46.8 Å². The monoisotopic (exact) mass is 306 g/mol.